The predicted molar refractivity (Wildman–Crippen MR) is 85.8 cm³/mol. The summed E-state index contributed by atoms with van der Waals surface area (Å²) in [7, 11) is 0. The molecule has 3 rings (SSSR count). The van der Waals surface area contributed by atoms with Gasteiger partial charge in [0.2, 0.25) is 0 Å². The Balaban J connectivity index is 1.50. The van der Waals surface area contributed by atoms with Crippen LogP contribution in [0.5, 0.6) is 0 Å². The number of nitrogens with one attached hydrogen (secondary N) is 2. The second kappa shape index (κ2) is 6.45. The smallest absolute Gasteiger partial charge is 0.315 e. The molecule has 0 radical (unpaired) electrons. The largest absolute Gasteiger partial charge is 0.338 e. The molecule has 2 amide bonds. The lowest BCUT2D eigenvalue weighted by Crippen LogP contribution is -2.37. The highest BCUT2D eigenvalue weighted by atomic mass is 35.5. The summed E-state index contributed by atoms with van der Waals surface area (Å²) < 4.78 is 0. The Morgan fingerprint density at radius 3 is 2.81 bits per heavy atom. The molecule has 1 saturated carbocycles. The van der Waals surface area contributed by atoms with Crippen molar-refractivity contribution in [1.29, 1.82) is 0 Å². The maximum Gasteiger partial charge on any atom is 0.315 e. The minimum atomic E-state index is -0.0781. The normalized spacial score (nSPS) is 14.0. The first-order valence-electron chi connectivity index (χ1n) is 6.95. The van der Waals surface area contributed by atoms with Gasteiger partial charge >= 0.3 is 6.03 Å². The highest BCUT2D eigenvalue weighted by Crippen LogP contribution is 2.25. The maximum absolute atomic E-state index is 11.5. The van der Waals surface area contributed by atoms with Gasteiger partial charge in [0.1, 0.15) is 5.01 Å². The number of hydrogen-bond acceptors (Lipinski definition) is 3. The SMILES string of the molecule is O=C(NCCc1csc(-c2ccc(Cl)cc2)n1)NC1CC1. The predicted octanol–water partition coefficient (Wildman–Crippen LogP) is 3.47. The van der Waals surface area contributed by atoms with E-state index in [4.69, 9.17) is 11.6 Å². The summed E-state index contributed by atoms with van der Waals surface area (Å²) in [6.45, 7) is 0.600. The van der Waals surface area contributed by atoms with E-state index in [1.165, 1.54) is 0 Å². The first kappa shape index (κ1) is 14.4. The zero-order valence-electron chi connectivity index (χ0n) is 11.4. The van der Waals surface area contributed by atoms with Gasteiger partial charge < -0.3 is 10.6 Å². The summed E-state index contributed by atoms with van der Waals surface area (Å²) in [5.74, 6) is 0. The van der Waals surface area contributed by atoms with Gasteiger partial charge in [0.25, 0.3) is 0 Å². The molecule has 110 valence electrons. The molecule has 1 fully saturated rings. The van der Waals surface area contributed by atoms with E-state index < -0.39 is 0 Å². The van der Waals surface area contributed by atoms with Gasteiger partial charge in [-0.25, -0.2) is 9.78 Å². The molecule has 0 bridgehead atoms. The van der Waals surface area contributed by atoms with Gasteiger partial charge in [0.05, 0.1) is 5.69 Å². The fourth-order valence-electron chi connectivity index (χ4n) is 1.92. The standard InChI is InChI=1S/C15H16ClN3OS/c16-11-3-1-10(2-4-11)14-18-13(9-21-14)7-8-17-15(20)19-12-5-6-12/h1-4,9,12H,5-8H2,(H2,17,19,20). The Morgan fingerprint density at radius 2 is 2.10 bits per heavy atom. The molecule has 1 aliphatic rings. The van der Waals surface area contributed by atoms with Crippen molar-refractivity contribution in [2.45, 2.75) is 25.3 Å². The van der Waals surface area contributed by atoms with E-state index in [0.717, 1.165) is 40.6 Å². The van der Waals surface area contributed by atoms with Crippen LogP contribution in [0.1, 0.15) is 18.5 Å². The first-order valence-corrected chi connectivity index (χ1v) is 8.21. The summed E-state index contributed by atoms with van der Waals surface area (Å²) in [5.41, 5.74) is 2.06. The summed E-state index contributed by atoms with van der Waals surface area (Å²) in [5, 5.41) is 9.48. The number of hydrogen-bond donors (Lipinski definition) is 2. The van der Waals surface area contributed by atoms with Crippen molar-refractivity contribution in [3.63, 3.8) is 0 Å². The molecule has 1 aliphatic carbocycles. The second-order valence-corrected chi connectivity index (χ2v) is 6.37. The molecule has 1 aromatic heterocycles. The molecular weight excluding hydrogens is 306 g/mol. The van der Waals surface area contributed by atoms with Crippen molar-refractivity contribution in [2.75, 3.05) is 6.54 Å². The summed E-state index contributed by atoms with van der Waals surface area (Å²) in [6, 6.07) is 7.97. The first-order chi connectivity index (χ1) is 10.2. The summed E-state index contributed by atoms with van der Waals surface area (Å²) in [4.78, 5) is 16.1. The van der Waals surface area contributed by atoms with Gasteiger partial charge in [-0.15, -0.1) is 11.3 Å². The van der Waals surface area contributed by atoms with E-state index in [1.807, 2.05) is 29.6 Å². The van der Waals surface area contributed by atoms with Crippen LogP contribution in [0, 0.1) is 0 Å². The molecule has 2 aromatic rings. The topological polar surface area (TPSA) is 54.0 Å². The highest BCUT2D eigenvalue weighted by molar-refractivity contribution is 7.13. The van der Waals surface area contributed by atoms with Crippen LogP contribution < -0.4 is 10.6 Å². The molecule has 4 nitrogen and oxygen atoms in total. The molecule has 6 heteroatoms. The average molecular weight is 322 g/mol. The lowest BCUT2D eigenvalue weighted by molar-refractivity contribution is 0.240. The van der Waals surface area contributed by atoms with Gasteiger partial charge in [-0.1, -0.05) is 23.7 Å². The van der Waals surface area contributed by atoms with Crippen LogP contribution in [0.3, 0.4) is 0 Å². The monoisotopic (exact) mass is 321 g/mol. The molecule has 1 aromatic carbocycles. The molecule has 21 heavy (non-hydrogen) atoms. The Kier molecular flexibility index (Phi) is 4.41. The molecule has 0 unspecified atom stereocenters. The Hall–Kier alpha value is -1.59. The number of halogens is 1. The minimum absolute atomic E-state index is 0.0781. The van der Waals surface area contributed by atoms with Crippen molar-refractivity contribution in [3.8, 4) is 10.6 Å². The van der Waals surface area contributed by atoms with E-state index in [9.17, 15) is 4.79 Å². The molecule has 0 spiro atoms. The number of benzene rings is 1. The molecule has 0 atom stereocenters. The molecular formula is C15H16ClN3OS. The van der Waals surface area contributed by atoms with Gasteiger partial charge in [0.15, 0.2) is 0 Å². The van der Waals surface area contributed by atoms with E-state index in [-0.39, 0.29) is 6.03 Å². The fraction of sp³-hybridized carbons (Fsp3) is 0.333. The number of urea groups is 1. The lowest BCUT2D eigenvalue weighted by atomic mass is 10.2. The maximum atomic E-state index is 11.5. The van der Waals surface area contributed by atoms with E-state index >= 15 is 0 Å². The van der Waals surface area contributed by atoms with Crippen LogP contribution in [0.2, 0.25) is 5.02 Å². The third kappa shape index (κ3) is 4.19. The number of carbonyl (C=O) groups is 1. The fourth-order valence-corrected chi connectivity index (χ4v) is 2.90. The van der Waals surface area contributed by atoms with Crippen molar-refractivity contribution in [3.05, 3.63) is 40.4 Å². The van der Waals surface area contributed by atoms with Crippen LogP contribution in [0.15, 0.2) is 29.6 Å². The number of nitrogens with zero attached hydrogens (tertiary/aromatic N) is 1. The molecule has 2 N–H and O–H groups in total. The summed E-state index contributed by atoms with van der Waals surface area (Å²) >= 11 is 7.49. The molecule has 0 aliphatic heterocycles. The third-order valence-corrected chi connectivity index (χ3v) is 4.41. The van der Waals surface area contributed by atoms with Crippen molar-refractivity contribution >= 4 is 29.0 Å². The summed E-state index contributed by atoms with van der Waals surface area (Å²) in [6.07, 6.45) is 2.94. The van der Waals surface area contributed by atoms with E-state index in [1.54, 1.807) is 11.3 Å². The van der Waals surface area contributed by atoms with Crippen molar-refractivity contribution in [2.24, 2.45) is 0 Å². The number of rotatable bonds is 5. The molecule has 1 heterocycles. The van der Waals surface area contributed by atoms with Gasteiger partial charge in [-0.2, -0.15) is 0 Å². The average Bonchev–Trinajstić information content (AvgIpc) is 3.15. The van der Waals surface area contributed by atoms with Crippen molar-refractivity contribution < 1.29 is 4.79 Å². The number of carbonyl (C=O) groups excluding carboxylic acids is 1. The molecule has 0 saturated heterocycles. The van der Waals surface area contributed by atoms with E-state index in [0.29, 0.717) is 12.6 Å². The van der Waals surface area contributed by atoms with Crippen LogP contribution in [0.25, 0.3) is 10.6 Å². The third-order valence-electron chi connectivity index (χ3n) is 3.22. The van der Waals surface area contributed by atoms with Crippen LogP contribution in [0.4, 0.5) is 4.79 Å². The quantitative estimate of drug-likeness (QED) is 0.886. The number of thiazole rings is 1. The van der Waals surface area contributed by atoms with E-state index in [2.05, 4.69) is 15.6 Å². The zero-order chi connectivity index (χ0) is 14.7. The van der Waals surface area contributed by atoms with Crippen LogP contribution in [-0.4, -0.2) is 23.6 Å². The number of amides is 2. The van der Waals surface area contributed by atoms with Gasteiger partial charge in [-0.3, -0.25) is 0 Å². The van der Waals surface area contributed by atoms with Gasteiger partial charge in [-0.05, 0) is 25.0 Å². The van der Waals surface area contributed by atoms with Crippen LogP contribution in [-0.2, 0) is 6.42 Å². The van der Waals surface area contributed by atoms with Crippen molar-refractivity contribution in [1.82, 2.24) is 15.6 Å². The Bertz CT molecular complexity index is 622. The second-order valence-electron chi connectivity index (χ2n) is 5.08. The van der Waals surface area contributed by atoms with Crippen LogP contribution >= 0.6 is 22.9 Å². The Labute approximate surface area is 132 Å². The Morgan fingerprint density at radius 1 is 1.33 bits per heavy atom. The minimum Gasteiger partial charge on any atom is -0.338 e. The highest BCUT2D eigenvalue weighted by Gasteiger charge is 2.22. The zero-order valence-corrected chi connectivity index (χ0v) is 13.0. The lowest BCUT2D eigenvalue weighted by Gasteiger charge is -2.04. The number of aromatic nitrogens is 1. The van der Waals surface area contributed by atoms with Gasteiger partial charge in [0, 0.05) is 35.0 Å².